The van der Waals surface area contributed by atoms with Gasteiger partial charge in [0.25, 0.3) is 5.56 Å². The monoisotopic (exact) mass is 350 g/mol. The summed E-state index contributed by atoms with van der Waals surface area (Å²) in [5, 5.41) is 10.4. The molecule has 110 valence electrons. The van der Waals surface area contributed by atoms with Crippen LogP contribution < -0.4 is 11.2 Å². The van der Waals surface area contributed by atoms with Gasteiger partial charge in [-0.1, -0.05) is 35.0 Å². The van der Waals surface area contributed by atoms with E-state index in [9.17, 15) is 14.7 Å². The zero-order valence-electron chi connectivity index (χ0n) is 11.5. The number of aromatic amines is 1. The van der Waals surface area contributed by atoms with Crippen LogP contribution in [-0.2, 0) is 0 Å². The Morgan fingerprint density at radius 2 is 2.05 bits per heavy atom. The molecule has 0 bridgehead atoms. The maximum atomic E-state index is 12.1. The van der Waals surface area contributed by atoms with Crippen LogP contribution in [-0.4, -0.2) is 14.7 Å². The Kier molecular flexibility index (Phi) is 3.49. The van der Waals surface area contributed by atoms with E-state index in [1.165, 1.54) is 4.57 Å². The van der Waals surface area contributed by atoms with Gasteiger partial charge in [0.15, 0.2) is 0 Å². The van der Waals surface area contributed by atoms with Gasteiger partial charge < -0.3 is 5.11 Å². The predicted octanol–water partition coefficient (Wildman–Crippen LogP) is 2.64. The molecule has 1 aromatic carbocycles. The Morgan fingerprint density at radius 1 is 1.33 bits per heavy atom. The largest absolute Gasteiger partial charge is 0.494 e. The number of hydrogen-bond donors (Lipinski definition) is 2. The molecule has 0 radical (unpaired) electrons. The van der Waals surface area contributed by atoms with Crippen LogP contribution in [0.25, 0.3) is 11.1 Å². The second-order valence-electron chi connectivity index (χ2n) is 5.57. The molecule has 2 aromatic rings. The minimum Gasteiger partial charge on any atom is -0.494 e. The first-order chi connectivity index (χ1) is 9.97. The van der Waals surface area contributed by atoms with Crippen molar-refractivity contribution in [3.63, 3.8) is 0 Å². The third-order valence-electron chi connectivity index (χ3n) is 3.95. The van der Waals surface area contributed by atoms with E-state index >= 15 is 0 Å². The summed E-state index contributed by atoms with van der Waals surface area (Å²) in [6.45, 7) is 2.10. The molecule has 3 rings (SSSR count). The van der Waals surface area contributed by atoms with Crippen LogP contribution in [0.1, 0.15) is 25.8 Å². The summed E-state index contributed by atoms with van der Waals surface area (Å²) in [5.74, 6) is 0.279. The van der Waals surface area contributed by atoms with Crippen LogP contribution in [0, 0.1) is 5.92 Å². The highest BCUT2D eigenvalue weighted by atomic mass is 79.9. The highest BCUT2D eigenvalue weighted by Gasteiger charge is 2.31. The average molecular weight is 351 g/mol. The molecule has 6 heteroatoms. The normalized spacial score (nSPS) is 21.0. The number of aromatic hydroxyl groups is 1. The number of nitrogens with zero attached hydrogens (tertiary/aromatic N) is 1. The minimum atomic E-state index is -0.570. The van der Waals surface area contributed by atoms with Crippen molar-refractivity contribution in [3.8, 4) is 17.0 Å². The van der Waals surface area contributed by atoms with Crippen molar-refractivity contribution >= 4 is 15.9 Å². The SMILES string of the molecule is CC1CC(n2c(O)c(-c3cccc(Br)c3)c(=O)[nH]c2=O)C1. The van der Waals surface area contributed by atoms with E-state index in [-0.39, 0.29) is 17.5 Å². The molecule has 1 saturated carbocycles. The average Bonchev–Trinajstić information content (AvgIpc) is 2.36. The first kappa shape index (κ1) is 14.1. The summed E-state index contributed by atoms with van der Waals surface area (Å²) in [7, 11) is 0. The van der Waals surface area contributed by atoms with E-state index in [4.69, 9.17) is 0 Å². The summed E-state index contributed by atoms with van der Waals surface area (Å²) >= 11 is 3.34. The maximum absolute atomic E-state index is 12.1. The molecule has 1 aliphatic carbocycles. The topological polar surface area (TPSA) is 75.1 Å². The van der Waals surface area contributed by atoms with Crippen molar-refractivity contribution in [2.24, 2.45) is 5.92 Å². The van der Waals surface area contributed by atoms with Crippen LogP contribution >= 0.6 is 15.9 Å². The second kappa shape index (κ2) is 5.18. The number of hydrogen-bond acceptors (Lipinski definition) is 3. The molecule has 1 heterocycles. The van der Waals surface area contributed by atoms with Crippen LogP contribution in [0.2, 0.25) is 0 Å². The third-order valence-corrected chi connectivity index (χ3v) is 4.44. The number of aromatic nitrogens is 2. The van der Waals surface area contributed by atoms with Crippen LogP contribution in [0.15, 0.2) is 38.3 Å². The zero-order valence-corrected chi connectivity index (χ0v) is 13.1. The molecule has 1 aromatic heterocycles. The standard InChI is InChI=1S/C15H15BrN2O3/c1-8-5-11(6-8)18-14(20)12(13(19)17-15(18)21)9-3-2-4-10(16)7-9/h2-4,7-8,11,20H,5-6H2,1H3,(H,17,19,21). The van der Waals surface area contributed by atoms with Gasteiger partial charge in [0.05, 0.1) is 0 Å². The molecule has 0 saturated heterocycles. The molecule has 0 amide bonds. The lowest BCUT2D eigenvalue weighted by atomic mass is 9.81. The van der Waals surface area contributed by atoms with Crippen molar-refractivity contribution in [2.45, 2.75) is 25.8 Å². The van der Waals surface area contributed by atoms with Gasteiger partial charge in [0.1, 0.15) is 5.56 Å². The molecule has 0 unspecified atom stereocenters. The van der Waals surface area contributed by atoms with Crippen molar-refractivity contribution in [3.05, 3.63) is 49.6 Å². The lowest BCUT2D eigenvalue weighted by Crippen LogP contribution is -2.37. The quantitative estimate of drug-likeness (QED) is 0.874. The van der Waals surface area contributed by atoms with E-state index in [0.717, 1.165) is 17.3 Å². The van der Waals surface area contributed by atoms with Gasteiger partial charge in [-0.05, 0) is 36.5 Å². The summed E-state index contributed by atoms with van der Waals surface area (Å²) in [5.41, 5.74) is -0.410. The molecule has 0 atom stereocenters. The molecule has 0 spiro atoms. The Balaban J connectivity index is 2.20. The fourth-order valence-corrected chi connectivity index (χ4v) is 3.25. The van der Waals surface area contributed by atoms with Gasteiger partial charge in [-0.25, -0.2) is 4.79 Å². The van der Waals surface area contributed by atoms with Crippen molar-refractivity contribution in [1.29, 1.82) is 0 Å². The summed E-state index contributed by atoms with van der Waals surface area (Å²) in [6, 6.07) is 7.03. The van der Waals surface area contributed by atoms with Crippen LogP contribution in [0.5, 0.6) is 5.88 Å². The van der Waals surface area contributed by atoms with Gasteiger partial charge >= 0.3 is 5.69 Å². The first-order valence-corrected chi connectivity index (χ1v) is 7.60. The van der Waals surface area contributed by atoms with Crippen molar-refractivity contribution in [1.82, 2.24) is 9.55 Å². The summed E-state index contributed by atoms with van der Waals surface area (Å²) in [4.78, 5) is 26.4. The minimum absolute atomic E-state index is 0.0461. The van der Waals surface area contributed by atoms with Gasteiger partial charge in [-0.3, -0.25) is 14.3 Å². The Morgan fingerprint density at radius 3 is 2.67 bits per heavy atom. The van der Waals surface area contributed by atoms with Crippen LogP contribution in [0.4, 0.5) is 0 Å². The fourth-order valence-electron chi connectivity index (χ4n) is 2.85. The van der Waals surface area contributed by atoms with Gasteiger partial charge in [-0.2, -0.15) is 0 Å². The number of halogens is 1. The molecule has 5 nitrogen and oxygen atoms in total. The molecular formula is C15H15BrN2O3. The van der Waals surface area contributed by atoms with E-state index < -0.39 is 11.2 Å². The van der Waals surface area contributed by atoms with Gasteiger partial charge in [-0.15, -0.1) is 0 Å². The Hall–Kier alpha value is -1.82. The molecule has 0 aliphatic heterocycles. The number of benzene rings is 1. The fraction of sp³-hybridized carbons (Fsp3) is 0.333. The van der Waals surface area contributed by atoms with Gasteiger partial charge in [0.2, 0.25) is 5.88 Å². The van der Waals surface area contributed by atoms with E-state index in [1.54, 1.807) is 18.2 Å². The lowest BCUT2D eigenvalue weighted by Gasteiger charge is -2.34. The Bertz CT molecular complexity index is 803. The highest BCUT2D eigenvalue weighted by Crippen LogP contribution is 2.39. The molecule has 1 aliphatic rings. The molecule has 2 N–H and O–H groups in total. The number of nitrogens with one attached hydrogen (secondary N) is 1. The molecule has 21 heavy (non-hydrogen) atoms. The van der Waals surface area contributed by atoms with Gasteiger partial charge in [0, 0.05) is 10.5 Å². The molecular weight excluding hydrogens is 336 g/mol. The summed E-state index contributed by atoms with van der Waals surface area (Å²) < 4.78 is 2.10. The second-order valence-corrected chi connectivity index (χ2v) is 6.48. The van der Waals surface area contributed by atoms with Crippen molar-refractivity contribution < 1.29 is 5.11 Å². The smallest absolute Gasteiger partial charge is 0.331 e. The third kappa shape index (κ3) is 2.44. The van der Waals surface area contributed by atoms with E-state index in [1.807, 2.05) is 6.07 Å². The number of H-pyrrole nitrogens is 1. The van der Waals surface area contributed by atoms with E-state index in [2.05, 4.69) is 27.8 Å². The highest BCUT2D eigenvalue weighted by molar-refractivity contribution is 9.10. The van der Waals surface area contributed by atoms with Crippen LogP contribution in [0.3, 0.4) is 0 Å². The van der Waals surface area contributed by atoms with E-state index in [0.29, 0.717) is 11.5 Å². The maximum Gasteiger partial charge on any atom is 0.331 e. The Labute approximate surface area is 129 Å². The lowest BCUT2D eigenvalue weighted by molar-refractivity contribution is 0.193. The molecule has 1 fully saturated rings. The zero-order chi connectivity index (χ0) is 15.1. The first-order valence-electron chi connectivity index (χ1n) is 6.81. The number of rotatable bonds is 2. The summed E-state index contributed by atoms with van der Waals surface area (Å²) in [6.07, 6.45) is 1.66. The van der Waals surface area contributed by atoms with Crippen molar-refractivity contribution in [2.75, 3.05) is 0 Å². The predicted molar refractivity (Wildman–Crippen MR) is 83.6 cm³/mol.